The van der Waals surface area contributed by atoms with Gasteiger partial charge in [0.2, 0.25) is 0 Å². The minimum Gasteiger partial charge on any atom is -0.347 e. The molecule has 0 spiro atoms. The first-order chi connectivity index (χ1) is 13.5. The second kappa shape index (κ2) is 9.18. The SMILES string of the molecule is Cc1ccc(NC(=O)C(=O)NCCSc2ncc(-c3ccccc3)[nH]2)cc1F. The Morgan fingerprint density at radius 1 is 1.14 bits per heavy atom. The summed E-state index contributed by atoms with van der Waals surface area (Å²) in [5, 5.41) is 5.63. The van der Waals surface area contributed by atoms with Crippen LogP contribution >= 0.6 is 11.8 Å². The molecule has 3 aromatic rings. The number of amides is 2. The summed E-state index contributed by atoms with van der Waals surface area (Å²) in [4.78, 5) is 31.2. The Hall–Kier alpha value is -3.13. The number of aromatic nitrogens is 2. The standard InChI is InChI=1S/C20H19FN4O2S/c1-13-7-8-15(11-16(13)21)24-19(27)18(26)22-9-10-28-20-23-12-17(25-20)14-5-3-2-4-6-14/h2-8,11-12H,9-10H2,1H3,(H,22,26)(H,23,25)(H,24,27). The van der Waals surface area contributed by atoms with Crippen LogP contribution in [-0.4, -0.2) is 34.1 Å². The van der Waals surface area contributed by atoms with Crippen molar-refractivity contribution in [2.75, 3.05) is 17.6 Å². The molecule has 0 aliphatic rings. The van der Waals surface area contributed by atoms with E-state index in [1.165, 1.54) is 23.9 Å². The van der Waals surface area contributed by atoms with Crippen molar-refractivity contribution in [1.82, 2.24) is 15.3 Å². The number of imidazole rings is 1. The third-order valence-corrected chi connectivity index (χ3v) is 4.79. The molecule has 0 radical (unpaired) electrons. The average molecular weight is 398 g/mol. The summed E-state index contributed by atoms with van der Waals surface area (Å²) in [6.45, 7) is 1.91. The van der Waals surface area contributed by atoms with Crippen LogP contribution in [0.15, 0.2) is 59.9 Å². The number of nitrogens with one attached hydrogen (secondary N) is 3. The second-order valence-electron chi connectivity index (χ2n) is 5.99. The van der Waals surface area contributed by atoms with Crippen LogP contribution in [0.25, 0.3) is 11.3 Å². The van der Waals surface area contributed by atoms with Crippen molar-refractivity contribution in [1.29, 1.82) is 0 Å². The molecule has 0 bridgehead atoms. The topological polar surface area (TPSA) is 86.9 Å². The number of halogens is 1. The van der Waals surface area contributed by atoms with Crippen LogP contribution in [0.1, 0.15) is 5.56 Å². The first-order valence-electron chi connectivity index (χ1n) is 8.61. The molecule has 1 aromatic heterocycles. The summed E-state index contributed by atoms with van der Waals surface area (Å²) in [6, 6.07) is 14.1. The lowest BCUT2D eigenvalue weighted by Crippen LogP contribution is -2.36. The zero-order valence-corrected chi connectivity index (χ0v) is 16.0. The van der Waals surface area contributed by atoms with Gasteiger partial charge in [0, 0.05) is 18.0 Å². The smallest absolute Gasteiger partial charge is 0.313 e. The number of aromatic amines is 1. The number of thioether (sulfide) groups is 1. The van der Waals surface area contributed by atoms with Crippen molar-refractivity contribution in [3.05, 3.63) is 66.1 Å². The maximum Gasteiger partial charge on any atom is 0.313 e. The molecule has 0 unspecified atom stereocenters. The molecule has 6 nitrogen and oxygen atoms in total. The maximum absolute atomic E-state index is 13.5. The van der Waals surface area contributed by atoms with Gasteiger partial charge >= 0.3 is 11.8 Å². The lowest BCUT2D eigenvalue weighted by molar-refractivity contribution is -0.136. The predicted molar refractivity (Wildman–Crippen MR) is 108 cm³/mol. The van der Waals surface area contributed by atoms with Crippen LogP contribution in [0.3, 0.4) is 0 Å². The quantitative estimate of drug-likeness (QED) is 0.338. The van der Waals surface area contributed by atoms with E-state index in [0.29, 0.717) is 17.9 Å². The lowest BCUT2D eigenvalue weighted by atomic mass is 10.2. The first kappa shape index (κ1) is 19.6. The van der Waals surface area contributed by atoms with Crippen molar-refractivity contribution >= 4 is 29.3 Å². The van der Waals surface area contributed by atoms with E-state index in [2.05, 4.69) is 20.6 Å². The number of rotatable bonds is 6. The average Bonchev–Trinajstić information content (AvgIpc) is 3.17. The van der Waals surface area contributed by atoms with Crippen molar-refractivity contribution in [2.24, 2.45) is 0 Å². The van der Waals surface area contributed by atoms with Gasteiger partial charge in [-0.05, 0) is 30.2 Å². The van der Waals surface area contributed by atoms with Gasteiger partial charge in [-0.15, -0.1) is 0 Å². The number of hydrogen-bond donors (Lipinski definition) is 3. The Morgan fingerprint density at radius 2 is 1.93 bits per heavy atom. The van der Waals surface area contributed by atoms with E-state index in [0.717, 1.165) is 16.4 Å². The largest absolute Gasteiger partial charge is 0.347 e. The van der Waals surface area contributed by atoms with Crippen molar-refractivity contribution in [2.45, 2.75) is 12.1 Å². The Bertz CT molecular complexity index is 975. The van der Waals surface area contributed by atoms with Gasteiger partial charge in [0.25, 0.3) is 0 Å². The molecule has 3 rings (SSSR count). The Kier molecular flexibility index (Phi) is 6.44. The highest BCUT2D eigenvalue weighted by Gasteiger charge is 2.14. The molecular weight excluding hydrogens is 379 g/mol. The molecule has 2 amide bonds. The van der Waals surface area contributed by atoms with Crippen molar-refractivity contribution in [3.63, 3.8) is 0 Å². The first-order valence-corrected chi connectivity index (χ1v) is 9.60. The van der Waals surface area contributed by atoms with E-state index in [4.69, 9.17) is 0 Å². The molecule has 28 heavy (non-hydrogen) atoms. The minimum absolute atomic E-state index is 0.238. The fraction of sp³-hybridized carbons (Fsp3) is 0.150. The van der Waals surface area contributed by atoms with E-state index >= 15 is 0 Å². The molecule has 1 heterocycles. The number of carbonyl (C=O) groups is 2. The van der Waals surface area contributed by atoms with E-state index in [9.17, 15) is 14.0 Å². The van der Waals surface area contributed by atoms with E-state index in [-0.39, 0.29) is 5.69 Å². The van der Waals surface area contributed by atoms with Gasteiger partial charge in [-0.3, -0.25) is 9.59 Å². The zero-order valence-electron chi connectivity index (χ0n) is 15.2. The Labute approximate surface area is 166 Å². The summed E-state index contributed by atoms with van der Waals surface area (Å²) < 4.78 is 13.5. The third-order valence-electron chi connectivity index (χ3n) is 3.90. The molecule has 8 heteroatoms. The highest BCUT2D eigenvalue weighted by atomic mass is 32.2. The van der Waals surface area contributed by atoms with Crippen LogP contribution in [0.5, 0.6) is 0 Å². The maximum atomic E-state index is 13.5. The van der Waals surface area contributed by atoms with Crippen LogP contribution in [0.4, 0.5) is 10.1 Å². The summed E-state index contributed by atoms with van der Waals surface area (Å²) in [6.07, 6.45) is 1.75. The number of aryl methyl sites for hydroxylation is 1. The fourth-order valence-electron chi connectivity index (χ4n) is 2.39. The van der Waals surface area contributed by atoms with Gasteiger partial charge in [-0.2, -0.15) is 0 Å². The van der Waals surface area contributed by atoms with Crippen molar-refractivity contribution < 1.29 is 14.0 Å². The third kappa shape index (κ3) is 5.20. The molecule has 3 N–H and O–H groups in total. The molecule has 144 valence electrons. The van der Waals surface area contributed by atoms with Gasteiger partial charge < -0.3 is 15.6 Å². The molecule has 0 saturated carbocycles. The molecule has 0 saturated heterocycles. The number of H-pyrrole nitrogens is 1. The summed E-state index contributed by atoms with van der Waals surface area (Å²) in [7, 11) is 0. The summed E-state index contributed by atoms with van der Waals surface area (Å²) in [5.41, 5.74) is 2.66. The van der Waals surface area contributed by atoms with Crippen LogP contribution in [-0.2, 0) is 9.59 Å². The molecule has 0 atom stereocenters. The highest BCUT2D eigenvalue weighted by Crippen LogP contribution is 2.20. The van der Waals surface area contributed by atoms with Crippen LogP contribution in [0.2, 0.25) is 0 Å². The second-order valence-corrected chi connectivity index (χ2v) is 7.07. The predicted octanol–water partition coefficient (Wildman–Crippen LogP) is 3.37. The van der Waals surface area contributed by atoms with Crippen molar-refractivity contribution in [3.8, 4) is 11.3 Å². The zero-order chi connectivity index (χ0) is 19.9. The molecule has 0 aliphatic heterocycles. The normalized spacial score (nSPS) is 10.5. The summed E-state index contributed by atoms with van der Waals surface area (Å²) >= 11 is 1.43. The number of carbonyl (C=O) groups excluding carboxylic acids is 2. The van der Waals surface area contributed by atoms with E-state index < -0.39 is 17.6 Å². The molecule has 0 aliphatic carbocycles. The van der Waals surface area contributed by atoms with Gasteiger partial charge in [-0.1, -0.05) is 48.2 Å². The Balaban J connectivity index is 1.42. The summed E-state index contributed by atoms with van der Waals surface area (Å²) in [5.74, 6) is -1.51. The minimum atomic E-state index is -0.836. The lowest BCUT2D eigenvalue weighted by Gasteiger charge is -2.07. The Morgan fingerprint density at radius 3 is 2.68 bits per heavy atom. The number of hydrogen-bond acceptors (Lipinski definition) is 4. The van der Waals surface area contributed by atoms with E-state index in [1.54, 1.807) is 19.2 Å². The van der Waals surface area contributed by atoms with Gasteiger partial charge in [0.1, 0.15) is 5.82 Å². The van der Waals surface area contributed by atoms with Crippen LogP contribution < -0.4 is 10.6 Å². The number of benzene rings is 2. The monoisotopic (exact) mass is 398 g/mol. The highest BCUT2D eigenvalue weighted by molar-refractivity contribution is 7.99. The van der Waals surface area contributed by atoms with Gasteiger partial charge in [0.15, 0.2) is 5.16 Å². The molecule has 2 aromatic carbocycles. The van der Waals surface area contributed by atoms with Gasteiger partial charge in [-0.25, -0.2) is 9.37 Å². The van der Waals surface area contributed by atoms with E-state index in [1.807, 2.05) is 30.3 Å². The number of anilines is 1. The molecule has 0 fully saturated rings. The molecular formula is C20H19FN4O2S. The number of nitrogens with zero attached hydrogens (tertiary/aromatic N) is 1. The van der Waals surface area contributed by atoms with Crippen LogP contribution in [0, 0.1) is 12.7 Å². The van der Waals surface area contributed by atoms with Gasteiger partial charge in [0.05, 0.1) is 11.9 Å². The fourth-order valence-corrected chi connectivity index (χ4v) is 3.10.